The molecule has 4 aliphatic carbocycles. The first kappa shape index (κ1) is 25.0. The summed E-state index contributed by atoms with van der Waals surface area (Å²) in [5.74, 6) is 1.61. The molecule has 5 atom stereocenters. The van der Waals surface area contributed by atoms with Gasteiger partial charge in [-0.25, -0.2) is 0 Å². The lowest BCUT2D eigenvalue weighted by atomic mass is 9.53. The van der Waals surface area contributed by atoms with E-state index in [1.165, 1.54) is 22.6 Å². The summed E-state index contributed by atoms with van der Waals surface area (Å²) < 4.78 is 11.7. The Hall–Kier alpha value is -2.63. The first-order valence-corrected chi connectivity index (χ1v) is 12.8. The molecule has 2 saturated carbocycles. The molecule has 5 aliphatic rings. The number of rotatable bonds is 1. The molecule has 6 rings (SSSR count). The topological polar surface area (TPSA) is 116 Å². The van der Waals surface area contributed by atoms with E-state index in [0.29, 0.717) is 31.5 Å². The van der Waals surface area contributed by atoms with Crippen LogP contribution < -0.4 is 9.47 Å². The fourth-order valence-electron chi connectivity index (χ4n) is 7.21. The molecule has 0 bridgehead atoms. The number of benzene rings is 1. The highest BCUT2D eigenvalue weighted by molar-refractivity contribution is 5.93. The zero-order chi connectivity index (χ0) is 25.7. The molecule has 36 heavy (non-hydrogen) atoms. The van der Waals surface area contributed by atoms with Crippen LogP contribution >= 0.6 is 0 Å². The summed E-state index contributed by atoms with van der Waals surface area (Å²) in [6, 6.07) is 6.41. The molecule has 1 aromatic rings. The number of terminal acetylenes is 1. The maximum absolute atomic E-state index is 12.1. The van der Waals surface area contributed by atoms with E-state index < -0.39 is 5.97 Å². The van der Waals surface area contributed by atoms with Gasteiger partial charge in [0, 0.05) is 12.3 Å². The number of ketones is 1. The number of fused-ring (bicyclic) bond motifs is 5. The number of allylic oxidation sites excluding steroid dienone is 4. The minimum atomic E-state index is -2.93. The molecule has 0 spiro atoms. The third-order valence-electron chi connectivity index (χ3n) is 8.84. The smallest absolute Gasteiger partial charge is 0.345 e. The van der Waals surface area contributed by atoms with Gasteiger partial charge in [0.25, 0.3) is 0 Å². The standard InChI is InChI=1S/C26H30O4.C3H4O3/c1-26-14-20(16-3-8-22-23(13-16)30-11-10-29-22)25-18-6-4-17(27)12-15(18)2-5-19(25)21(26)7-9-24(26)28;1-2-3(4,5)6/h3,8,12-13,19-21,24,28H,2,4-7,9-11,14H2,1H3;1,4-6H. The fraction of sp³-hybridized carbons (Fsp3) is 0.552. The van der Waals surface area contributed by atoms with Crippen molar-refractivity contribution in [1.29, 1.82) is 0 Å². The summed E-state index contributed by atoms with van der Waals surface area (Å²) in [6.07, 6.45) is 12.6. The number of carbonyl (C=O) groups excluding carboxylic acids is 1. The molecule has 4 N–H and O–H groups in total. The Bertz CT molecular complexity index is 1150. The lowest BCUT2D eigenvalue weighted by Gasteiger charge is -2.52. The SMILES string of the molecule is C#CC(O)(O)O.CC12CC(c3ccc4c(c3)OCCO4)C3=C4CCC(=O)C=C4CCC3C1CCC2O. The maximum Gasteiger partial charge on any atom is 0.345 e. The van der Waals surface area contributed by atoms with E-state index in [9.17, 15) is 9.90 Å². The van der Waals surface area contributed by atoms with Crippen molar-refractivity contribution in [2.24, 2.45) is 17.3 Å². The summed E-state index contributed by atoms with van der Waals surface area (Å²) in [6.45, 7) is 3.50. The van der Waals surface area contributed by atoms with E-state index in [0.717, 1.165) is 50.0 Å². The highest BCUT2D eigenvalue weighted by Gasteiger charge is 2.56. The van der Waals surface area contributed by atoms with Crippen LogP contribution in [0.3, 0.4) is 0 Å². The van der Waals surface area contributed by atoms with Crippen LogP contribution in [0.1, 0.15) is 63.4 Å². The third kappa shape index (κ3) is 4.48. The van der Waals surface area contributed by atoms with E-state index in [1.807, 2.05) is 12.1 Å². The molecule has 1 aliphatic heterocycles. The van der Waals surface area contributed by atoms with E-state index in [4.69, 9.17) is 24.8 Å². The molecular weight excluding hydrogens is 460 g/mol. The monoisotopic (exact) mass is 494 g/mol. The predicted molar refractivity (Wildman–Crippen MR) is 132 cm³/mol. The number of aliphatic hydroxyl groups is 4. The first-order valence-electron chi connectivity index (χ1n) is 12.8. The van der Waals surface area contributed by atoms with Crippen LogP contribution in [0.4, 0.5) is 0 Å². The molecule has 7 heteroatoms. The highest BCUT2D eigenvalue weighted by Crippen LogP contribution is 2.64. The lowest BCUT2D eigenvalue weighted by molar-refractivity contribution is -0.265. The fourth-order valence-corrected chi connectivity index (χ4v) is 7.21. The van der Waals surface area contributed by atoms with Gasteiger partial charge in [-0.1, -0.05) is 18.6 Å². The number of aliphatic hydroxyl groups excluding tert-OH is 1. The Morgan fingerprint density at radius 2 is 1.78 bits per heavy atom. The molecule has 1 aromatic carbocycles. The maximum atomic E-state index is 12.1. The Balaban J connectivity index is 0.000000400. The van der Waals surface area contributed by atoms with Crippen LogP contribution in [0.2, 0.25) is 0 Å². The Morgan fingerprint density at radius 1 is 1.06 bits per heavy atom. The second kappa shape index (κ2) is 9.35. The van der Waals surface area contributed by atoms with Gasteiger partial charge >= 0.3 is 5.97 Å². The average Bonchev–Trinajstić information content (AvgIpc) is 3.16. The second-order valence-corrected chi connectivity index (χ2v) is 10.9. The highest BCUT2D eigenvalue weighted by atomic mass is 16.7. The molecule has 1 heterocycles. The van der Waals surface area contributed by atoms with Gasteiger partial charge in [-0.15, -0.1) is 6.42 Å². The van der Waals surface area contributed by atoms with Crippen LogP contribution in [0, 0.1) is 29.6 Å². The van der Waals surface area contributed by atoms with Crippen LogP contribution in [0.5, 0.6) is 11.5 Å². The largest absolute Gasteiger partial charge is 0.486 e. The van der Waals surface area contributed by atoms with Crippen LogP contribution in [0.15, 0.2) is 41.0 Å². The van der Waals surface area contributed by atoms with Crippen LogP contribution in [-0.4, -0.2) is 51.5 Å². The normalized spacial score (nSPS) is 32.8. The molecule has 0 aromatic heterocycles. The summed E-state index contributed by atoms with van der Waals surface area (Å²) in [5, 5.41) is 34.1. The van der Waals surface area contributed by atoms with Gasteiger partial charge in [0.1, 0.15) is 13.2 Å². The number of carbonyl (C=O) groups is 1. The van der Waals surface area contributed by atoms with Gasteiger partial charge in [-0.05, 0) is 96.6 Å². The minimum Gasteiger partial charge on any atom is -0.486 e. The molecule has 5 unspecified atom stereocenters. The van der Waals surface area contributed by atoms with E-state index in [-0.39, 0.29) is 23.2 Å². The van der Waals surface area contributed by atoms with Crippen molar-refractivity contribution in [2.75, 3.05) is 13.2 Å². The van der Waals surface area contributed by atoms with Gasteiger partial charge in [-0.3, -0.25) is 4.79 Å². The quantitative estimate of drug-likeness (QED) is 0.350. The molecule has 0 saturated heterocycles. The Labute approximate surface area is 211 Å². The first-order chi connectivity index (χ1) is 17.1. The average molecular weight is 495 g/mol. The Kier molecular flexibility index (Phi) is 6.50. The number of hydrogen-bond acceptors (Lipinski definition) is 7. The summed E-state index contributed by atoms with van der Waals surface area (Å²) >= 11 is 0. The summed E-state index contributed by atoms with van der Waals surface area (Å²) in [5.41, 5.74) is 5.52. The van der Waals surface area contributed by atoms with Crippen molar-refractivity contribution in [3.63, 3.8) is 0 Å². The van der Waals surface area contributed by atoms with Gasteiger partial charge in [0.2, 0.25) is 0 Å². The summed E-state index contributed by atoms with van der Waals surface area (Å²) in [7, 11) is 0. The van der Waals surface area contributed by atoms with Crippen molar-refractivity contribution >= 4 is 5.78 Å². The van der Waals surface area contributed by atoms with Crippen molar-refractivity contribution in [2.45, 2.75) is 69.9 Å². The van der Waals surface area contributed by atoms with Crippen molar-refractivity contribution in [3.8, 4) is 23.8 Å². The molecule has 2 fully saturated rings. The number of hydrogen-bond donors (Lipinski definition) is 4. The Morgan fingerprint density at radius 3 is 2.50 bits per heavy atom. The van der Waals surface area contributed by atoms with Crippen molar-refractivity contribution in [3.05, 3.63) is 46.6 Å². The summed E-state index contributed by atoms with van der Waals surface area (Å²) in [4.78, 5) is 12.1. The minimum absolute atomic E-state index is 0.0433. The molecule has 0 amide bonds. The van der Waals surface area contributed by atoms with E-state index in [1.54, 1.807) is 5.57 Å². The number of ether oxygens (including phenoxy) is 2. The van der Waals surface area contributed by atoms with E-state index in [2.05, 4.69) is 25.5 Å². The van der Waals surface area contributed by atoms with Crippen molar-refractivity contribution in [1.82, 2.24) is 0 Å². The van der Waals surface area contributed by atoms with E-state index >= 15 is 0 Å². The van der Waals surface area contributed by atoms with Crippen LogP contribution in [-0.2, 0) is 4.79 Å². The molecule has 7 nitrogen and oxygen atoms in total. The lowest BCUT2D eigenvalue weighted by Crippen LogP contribution is -2.45. The van der Waals surface area contributed by atoms with Gasteiger partial charge in [0.05, 0.1) is 6.10 Å². The molecule has 192 valence electrons. The molecule has 0 radical (unpaired) electrons. The predicted octanol–water partition coefficient (Wildman–Crippen LogP) is 2.97. The van der Waals surface area contributed by atoms with Crippen molar-refractivity contribution < 1.29 is 34.7 Å². The molecular formula is C29H34O7. The third-order valence-corrected chi connectivity index (χ3v) is 8.84. The zero-order valence-electron chi connectivity index (χ0n) is 20.6. The van der Waals surface area contributed by atoms with Crippen LogP contribution in [0.25, 0.3) is 0 Å². The zero-order valence-corrected chi connectivity index (χ0v) is 20.6. The second-order valence-electron chi connectivity index (χ2n) is 10.9. The van der Waals surface area contributed by atoms with Gasteiger partial charge in [0.15, 0.2) is 17.3 Å². The van der Waals surface area contributed by atoms with Gasteiger partial charge < -0.3 is 29.9 Å². The van der Waals surface area contributed by atoms with Gasteiger partial charge in [-0.2, -0.15) is 0 Å².